The molecule has 1 aliphatic rings. The molecule has 0 bridgehead atoms. The van der Waals surface area contributed by atoms with Gasteiger partial charge in [-0.05, 0) is 97.1 Å². The van der Waals surface area contributed by atoms with Gasteiger partial charge in [0.2, 0.25) is 0 Å². The zero-order chi connectivity index (χ0) is 40.0. The third-order valence-electron chi connectivity index (χ3n) is 12.4. The third kappa shape index (κ3) is 6.04. The zero-order valence-electron chi connectivity index (χ0n) is 33.3. The number of hydrogen-bond donors (Lipinski definition) is 0. The molecule has 1 aliphatic carbocycles. The number of fused-ring (bicyclic) bond motifs is 4. The van der Waals surface area contributed by atoms with Gasteiger partial charge in [0.05, 0.1) is 11.4 Å². The topological polar surface area (TPSA) is 25.8 Å². The van der Waals surface area contributed by atoms with Gasteiger partial charge in [-0.15, -0.1) is 0 Å². The Bertz CT molecular complexity index is 3120. The summed E-state index contributed by atoms with van der Waals surface area (Å²) >= 11 is 0. The summed E-state index contributed by atoms with van der Waals surface area (Å²) in [5, 5.41) is 2.34. The first kappa shape index (κ1) is 35.5. The Morgan fingerprint density at radius 3 is 1.32 bits per heavy atom. The van der Waals surface area contributed by atoms with Crippen molar-refractivity contribution >= 4 is 10.8 Å². The van der Waals surface area contributed by atoms with Gasteiger partial charge in [-0.3, -0.25) is 0 Å². The smallest absolute Gasteiger partial charge is 0.160 e. The first-order valence-electron chi connectivity index (χ1n) is 20.6. The molecule has 10 aromatic rings. The third-order valence-corrected chi connectivity index (χ3v) is 12.4. The van der Waals surface area contributed by atoms with Crippen molar-refractivity contribution < 1.29 is 0 Å². The summed E-state index contributed by atoms with van der Waals surface area (Å²) in [7, 11) is 0. The molecule has 1 heterocycles. The van der Waals surface area contributed by atoms with Crippen molar-refractivity contribution in [1.29, 1.82) is 0 Å². The van der Waals surface area contributed by atoms with Gasteiger partial charge in [-0.1, -0.05) is 206 Å². The fourth-order valence-electron chi connectivity index (χ4n) is 9.28. The van der Waals surface area contributed by atoms with Gasteiger partial charge in [0.25, 0.3) is 0 Å². The Labute approximate surface area is 351 Å². The molecule has 2 heteroatoms. The van der Waals surface area contributed by atoms with Gasteiger partial charge in [0.15, 0.2) is 5.82 Å². The minimum absolute atomic E-state index is 0.305. The molecule has 0 saturated carbocycles. The first-order valence-corrected chi connectivity index (χ1v) is 20.6. The second-order valence-corrected chi connectivity index (χ2v) is 15.9. The van der Waals surface area contributed by atoms with Crippen LogP contribution >= 0.6 is 0 Å². The van der Waals surface area contributed by atoms with Gasteiger partial charge in [-0.2, -0.15) is 0 Å². The molecule has 0 N–H and O–H groups in total. The molecule has 282 valence electrons. The average Bonchev–Trinajstić information content (AvgIpc) is 3.59. The van der Waals surface area contributed by atoms with E-state index in [1.54, 1.807) is 0 Å². The molecule has 0 saturated heterocycles. The highest BCUT2D eigenvalue weighted by molar-refractivity contribution is 6.05. The lowest BCUT2D eigenvalue weighted by Gasteiger charge is -2.29. The molecule has 9 aromatic carbocycles. The SMILES string of the molecule is CC1(c2ccccc2)c2cc(-c3ccccc3)ccc2-c2ccc(-c3ccc(-c4ccc(-c5cc(-c6ccccc6)nc(-c6ccccc6)n5)c5ccccc45)cc3)cc21. The lowest BCUT2D eigenvalue weighted by Crippen LogP contribution is -2.22. The Hall–Kier alpha value is -7.68. The summed E-state index contributed by atoms with van der Waals surface area (Å²) in [5.41, 5.74) is 18.5. The van der Waals surface area contributed by atoms with Crippen molar-refractivity contribution in [2.75, 3.05) is 0 Å². The monoisotopic (exact) mass is 764 g/mol. The Morgan fingerprint density at radius 1 is 0.300 bits per heavy atom. The van der Waals surface area contributed by atoms with Crippen molar-refractivity contribution in [2.45, 2.75) is 12.3 Å². The van der Waals surface area contributed by atoms with Crippen LogP contribution in [0.1, 0.15) is 23.6 Å². The molecule has 0 aliphatic heterocycles. The molecule has 2 nitrogen and oxygen atoms in total. The maximum atomic E-state index is 5.17. The van der Waals surface area contributed by atoms with Gasteiger partial charge in [0.1, 0.15) is 0 Å². The van der Waals surface area contributed by atoms with Crippen molar-refractivity contribution in [1.82, 2.24) is 9.97 Å². The quantitative estimate of drug-likeness (QED) is 0.162. The Balaban J connectivity index is 0.974. The van der Waals surface area contributed by atoms with Crippen molar-refractivity contribution in [3.63, 3.8) is 0 Å². The molecular weight excluding hydrogens is 725 g/mol. The number of hydrogen-bond acceptors (Lipinski definition) is 2. The molecule has 0 spiro atoms. The van der Waals surface area contributed by atoms with E-state index < -0.39 is 0 Å². The molecule has 1 atom stereocenters. The average molecular weight is 765 g/mol. The molecule has 0 fully saturated rings. The van der Waals surface area contributed by atoms with Crippen LogP contribution in [-0.4, -0.2) is 9.97 Å². The second-order valence-electron chi connectivity index (χ2n) is 15.9. The van der Waals surface area contributed by atoms with E-state index in [1.165, 1.54) is 66.6 Å². The summed E-state index contributed by atoms with van der Waals surface area (Å²) in [6.45, 7) is 2.40. The maximum absolute atomic E-state index is 5.17. The maximum Gasteiger partial charge on any atom is 0.160 e. The summed E-state index contributed by atoms with van der Waals surface area (Å²) in [6.07, 6.45) is 0. The molecule has 1 aromatic heterocycles. The summed E-state index contributed by atoms with van der Waals surface area (Å²) < 4.78 is 0. The standard InChI is InChI=1S/C58H40N2/c1-58(46-22-12-5-13-23-46)53-36-44(39-16-6-2-7-17-39)30-32-50(53)51-33-31-45(37-54(51)58)40-26-28-41(29-27-40)47-34-35-52(49-25-15-14-24-48(47)49)56-38-55(42-18-8-3-9-19-42)59-57(60-56)43-20-10-4-11-21-43/h2-38H,1H3. The molecule has 0 amide bonds. The van der Waals surface area contributed by atoms with E-state index in [1.807, 2.05) is 24.3 Å². The highest BCUT2D eigenvalue weighted by Gasteiger charge is 2.41. The van der Waals surface area contributed by atoms with Crippen LogP contribution in [0.25, 0.3) is 89.2 Å². The number of benzene rings is 9. The molecule has 0 radical (unpaired) electrons. The van der Waals surface area contributed by atoms with Gasteiger partial charge in [-0.25, -0.2) is 9.97 Å². The predicted molar refractivity (Wildman–Crippen MR) is 250 cm³/mol. The van der Waals surface area contributed by atoms with Crippen LogP contribution in [-0.2, 0) is 5.41 Å². The summed E-state index contributed by atoms with van der Waals surface area (Å²) in [4.78, 5) is 10.2. The van der Waals surface area contributed by atoms with Crippen LogP contribution in [0.5, 0.6) is 0 Å². The van der Waals surface area contributed by atoms with Crippen LogP contribution in [0.3, 0.4) is 0 Å². The lowest BCUT2D eigenvalue weighted by atomic mass is 9.73. The molecular formula is C58H40N2. The number of nitrogens with zero attached hydrogens (tertiary/aromatic N) is 2. The minimum Gasteiger partial charge on any atom is -0.228 e. The van der Waals surface area contributed by atoms with E-state index in [0.29, 0.717) is 5.82 Å². The summed E-state index contributed by atoms with van der Waals surface area (Å²) in [6, 6.07) is 80.8. The van der Waals surface area contributed by atoms with Crippen molar-refractivity contribution in [3.8, 4) is 78.4 Å². The number of rotatable bonds is 7. The Kier molecular flexibility index (Phi) is 8.64. The Morgan fingerprint density at radius 2 is 0.717 bits per heavy atom. The van der Waals surface area contributed by atoms with Crippen LogP contribution in [0.2, 0.25) is 0 Å². The molecule has 60 heavy (non-hydrogen) atoms. The van der Waals surface area contributed by atoms with Crippen LogP contribution in [0, 0.1) is 0 Å². The predicted octanol–water partition coefficient (Wildman–Crippen LogP) is 15.0. The van der Waals surface area contributed by atoms with E-state index in [0.717, 1.165) is 33.5 Å². The van der Waals surface area contributed by atoms with E-state index in [4.69, 9.17) is 9.97 Å². The van der Waals surface area contributed by atoms with Crippen LogP contribution in [0.15, 0.2) is 224 Å². The van der Waals surface area contributed by atoms with E-state index in [-0.39, 0.29) is 5.41 Å². The number of aromatic nitrogens is 2. The fraction of sp³-hybridized carbons (Fsp3) is 0.0345. The van der Waals surface area contributed by atoms with E-state index >= 15 is 0 Å². The van der Waals surface area contributed by atoms with Crippen LogP contribution in [0.4, 0.5) is 0 Å². The zero-order valence-corrected chi connectivity index (χ0v) is 33.3. The van der Waals surface area contributed by atoms with E-state index in [9.17, 15) is 0 Å². The normalized spacial score (nSPS) is 14.2. The van der Waals surface area contributed by atoms with Crippen LogP contribution < -0.4 is 0 Å². The fourth-order valence-corrected chi connectivity index (χ4v) is 9.28. The first-order chi connectivity index (χ1) is 29.6. The van der Waals surface area contributed by atoms with Crippen molar-refractivity contribution in [2.24, 2.45) is 0 Å². The highest BCUT2D eigenvalue weighted by atomic mass is 14.9. The van der Waals surface area contributed by atoms with E-state index in [2.05, 4.69) is 207 Å². The van der Waals surface area contributed by atoms with Gasteiger partial charge < -0.3 is 0 Å². The molecule has 11 rings (SSSR count). The van der Waals surface area contributed by atoms with Crippen molar-refractivity contribution in [3.05, 3.63) is 241 Å². The second kappa shape index (κ2) is 14.6. The lowest BCUT2D eigenvalue weighted by molar-refractivity contribution is 0.714. The van der Waals surface area contributed by atoms with Gasteiger partial charge in [0, 0.05) is 22.1 Å². The highest BCUT2D eigenvalue weighted by Crippen LogP contribution is 2.54. The largest absolute Gasteiger partial charge is 0.228 e. The minimum atomic E-state index is -0.305. The van der Waals surface area contributed by atoms with Gasteiger partial charge >= 0.3 is 0 Å². The summed E-state index contributed by atoms with van der Waals surface area (Å²) in [5.74, 6) is 0.715. The molecule has 1 unspecified atom stereocenters.